The zero-order valence-electron chi connectivity index (χ0n) is 10.00. The van der Waals surface area contributed by atoms with Gasteiger partial charge in [0, 0.05) is 26.2 Å². The molecule has 0 spiro atoms. The summed E-state index contributed by atoms with van der Waals surface area (Å²) in [6, 6.07) is 1.99. The van der Waals surface area contributed by atoms with Crippen molar-refractivity contribution in [3.05, 3.63) is 36.0 Å². The maximum absolute atomic E-state index is 5.44. The van der Waals surface area contributed by atoms with E-state index in [0.29, 0.717) is 11.5 Å². The van der Waals surface area contributed by atoms with Crippen molar-refractivity contribution >= 4 is 23.0 Å². The summed E-state index contributed by atoms with van der Waals surface area (Å²) in [6.45, 7) is 0.748. The molecule has 0 amide bonds. The molecule has 0 unspecified atom stereocenters. The Balaban J connectivity index is 1.85. The van der Waals surface area contributed by atoms with Gasteiger partial charge in [0.1, 0.15) is 16.5 Å². The van der Waals surface area contributed by atoms with Crippen LogP contribution < -0.4 is 11.1 Å². The monoisotopic (exact) mass is 262 g/mol. The molecule has 2 rings (SSSR count). The summed E-state index contributed by atoms with van der Waals surface area (Å²) in [7, 11) is 1.90. The van der Waals surface area contributed by atoms with Crippen LogP contribution in [0, 0.1) is 0 Å². The minimum absolute atomic E-state index is 0.252. The molecule has 3 N–H and O–H groups in total. The Kier molecular flexibility index (Phi) is 3.83. The number of aryl methyl sites for hydroxylation is 1. The lowest BCUT2D eigenvalue weighted by Gasteiger charge is -2.04. The van der Waals surface area contributed by atoms with Gasteiger partial charge < -0.3 is 11.1 Å². The van der Waals surface area contributed by atoms with Crippen LogP contribution in [-0.4, -0.2) is 31.3 Å². The van der Waals surface area contributed by atoms with E-state index in [1.807, 2.05) is 19.3 Å². The summed E-state index contributed by atoms with van der Waals surface area (Å²) in [5.41, 5.74) is 7.01. The molecule has 2 aromatic rings. The highest BCUT2D eigenvalue weighted by Gasteiger charge is 2.00. The zero-order valence-corrected chi connectivity index (χ0v) is 10.8. The second kappa shape index (κ2) is 5.54. The van der Waals surface area contributed by atoms with Gasteiger partial charge in [-0.3, -0.25) is 4.68 Å². The summed E-state index contributed by atoms with van der Waals surface area (Å²) in [4.78, 5) is 8.52. The van der Waals surface area contributed by atoms with E-state index in [4.69, 9.17) is 18.0 Å². The van der Waals surface area contributed by atoms with Crippen LogP contribution in [-0.2, 0) is 13.5 Å². The first-order valence-corrected chi connectivity index (χ1v) is 5.90. The molecule has 0 radical (unpaired) electrons. The molecule has 0 aliphatic heterocycles. The second-order valence-electron chi connectivity index (χ2n) is 3.81. The minimum Gasteiger partial charge on any atom is -0.388 e. The van der Waals surface area contributed by atoms with E-state index < -0.39 is 0 Å². The molecule has 0 saturated carbocycles. The van der Waals surface area contributed by atoms with Crippen LogP contribution in [0.5, 0.6) is 0 Å². The molecule has 0 aliphatic rings. The van der Waals surface area contributed by atoms with Gasteiger partial charge in [0.2, 0.25) is 0 Å². The van der Waals surface area contributed by atoms with Crippen LogP contribution in [0.1, 0.15) is 11.4 Å². The van der Waals surface area contributed by atoms with Gasteiger partial charge in [0.15, 0.2) is 0 Å². The maximum atomic E-state index is 5.44. The number of nitrogens with zero attached hydrogens (tertiary/aromatic N) is 4. The van der Waals surface area contributed by atoms with Crippen molar-refractivity contribution in [3.63, 3.8) is 0 Å². The Labute approximate surface area is 110 Å². The molecule has 6 nitrogen and oxygen atoms in total. The predicted molar refractivity (Wildman–Crippen MR) is 73.3 cm³/mol. The molecule has 18 heavy (non-hydrogen) atoms. The summed E-state index contributed by atoms with van der Waals surface area (Å²) < 4.78 is 1.78. The number of anilines is 1. The van der Waals surface area contributed by atoms with Crippen LogP contribution in [0.25, 0.3) is 0 Å². The third-order valence-electron chi connectivity index (χ3n) is 2.36. The van der Waals surface area contributed by atoms with E-state index in [-0.39, 0.29) is 4.99 Å². The number of aromatic nitrogens is 4. The Hall–Kier alpha value is -2.02. The van der Waals surface area contributed by atoms with Gasteiger partial charge in [0.25, 0.3) is 0 Å². The van der Waals surface area contributed by atoms with Gasteiger partial charge in [0.05, 0.1) is 18.1 Å². The van der Waals surface area contributed by atoms with Crippen molar-refractivity contribution in [2.24, 2.45) is 12.8 Å². The topological polar surface area (TPSA) is 81.7 Å². The molecular formula is C11H14N6S. The van der Waals surface area contributed by atoms with Gasteiger partial charge >= 0.3 is 0 Å². The molecule has 0 fully saturated rings. The standard InChI is InChI=1S/C11H14N6S/c1-17-5-3-8(16-17)2-4-13-10-7-14-9(6-15-10)11(12)18/h3,5-7H,2,4H2,1H3,(H2,12,18)(H,13,15). The number of rotatable bonds is 5. The molecule has 94 valence electrons. The van der Waals surface area contributed by atoms with Crippen molar-refractivity contribution in [1.29, 1.82) is 0 Å². The van der Waals surface area contributed by atoms with Crippen molar-refractivity contribution in [2.45, 2.75) is 6.42 Å². The maximum Gasteiger partial charge on any atom is 0.144 e. The van der Waals surface area contributed by atoms with Crippen LogP contribution in [0.4, 0.5) is 5.82 Å². The molecule has 0 saturated heterocycles. The lowest BCUT2D eigenvalue weighted by molar-refractivity contribution is 0.742. The smallest absolute Gasteiger partial charge is 0.144 e. The third kappa shape index (κ3) is 3.24. The molecule has 0 aromatic carbocycles. The Morgan fingerprint density at radius 2 is 2.28 bits per heavy atom. The lowest BCUT2D eigenvalue weighted by atomic mass is 10.3. The number of nitrogens with two attached hydrogens (primary N) is 1. The number of hydrogen-bond acceptors (Lipinski definition) is 5. The second-order valence-corrected chi connectivity index (χ2v) is 4.25. The van der Waals surface area contributed by atoms with Gasteiger partial charge in [-0.25, -0.2) is 9.97 Å². The first kappa shape index (κ1) is 12.4. The summed E-state index contributed by atoms with van der Waals surface area (Å²) >= 11 is 4.80. The number of nitrogens with one attached hydrogen (secondary N) is 1. The summed E-state index contributed by atoms with van der Waals surface area (Å²) in [5, 5.41) is 7.45. The first-order valence-electron chi connectivity index (χ1n) is 5.49. The van der Waals surface area contributed by atoms with Crippen LogP contribution in [0.15, 0.2) is 24.7 Å². The summed E-state index contributed by atoms with van der Waals surface area (Å²) in [6.07, 6.45) is 5.93. The molecule has 0 aliphatic carbocycles. The lowest BCUT2D eigenvalue weighted by Crippen LogP contribution is -2.13. The third-order valence-corrected chi connectivity index (χ3v) is 2.57. The predicted octanol–water partition coefficient (Wildman–Crippen LogP) is 0.499. The Morgan fingerprint density at radius 1 is 1.44 bits per heavy atom. The van der Waals surface area contributed by atoms with Gasteiger partial charge in [-0.1, -0.05) is 12.2 Å². The normalized spacial score (nSPS) is 10.3. The number of thiocarbonyl (C=S) groups is 1. The van der Waals surface area contributed by atoms with Crippen molar-refractivity contribution < 1.29 is 0 Å². The molecule has 0 atom stereocenters. The van der Waals surface area contributed by atoms with Crippen molar-refractivity contribution in [2.75, 3.05) is 11.9 Å². The SMILES string of the molecule is Cn1ccc(CCNc2cnc(C(N)=S)cn2)n1. The Bertz CT molecular complexity index is 533. The van der Waals surface area contributed by atoms with Crippen molar-refractivity contribution in [1.82, 2.24) is 19.7 Å². The fourth-order valence-electron chi connectivity index (χ4n) is 1.46. The van der Waals surface area contributed by atoms with Gasteiger partial charge in [-0.05, 0) is 6.07 Å². The van der Waals surface area contributed by atoms with E-state index in [9.17, 15) is 0 Å². The van der Waals surface area contributed by atoms with E-state index in [1.165, 1.54) is 0 Å². The van der Waals surface area contributed by atoms with E-state index in [0.717, 1.165) is 18.7 Å². The molecule has 2 heterocycles. The fraction of sp³-hybridized carbons (Fsp3) is 0.273. The Morgan fingerprint density at radius 3 is 2.83 bits per heavy atom. The molecule has 0 bridgehead atoms. The van der Waals surface area contributed by atoms with E-state index in [2.05, 4.69) is 20.4 Å². The number of hydrogen-bond donors (Lipinski definition) is 2. The van der Waals surface area contributed by atoms with Gasteiger partial charge in [-0.15, -0.1) is 0 Å². The van der Waals surface area contributed by atoms with Crippen LogP contribution in [0.2, 0.25) is 0 Å². The molecule has 2 aromatic heterocycles. The van der Waals surface area contributed by atoms with Crippen LogP contribution >= 0.6 is 12.2 Å². The van der Waals surface area contributed by atoms with E-state index >= 15 is 0 Å². The van der Waals surface area contributed by atoms with Gasteiger partial charge in [-0.2, -0.15) is 5.10 Å². The molecule has 7 heteroatoms. The van der Waals surface area contributed by atoms with Crippen molar-refractivity contribution in [3.8, 4) is 0 Å². The highest BCUT2D eigenvalue weighted by Crippen LogP contribution is 2.02. The average Bonchev–Trinajstić information content (AvgIpc) is 2.76. The first-order chi connectivity index (χ1) is 8.65. The highest BCUT2D eigenvalue weighted by molar-refractivity contribution is 7.80. The fourth-order valence-corrected chi connectivity index (χ4v) is 1.57. The zero-order chi connectivity index (χ0) is 13.0. The quantitative estimate of drug-likeness (QED) is 0.764. The molecular weight excluding hydrogens is 248 g/mol. The van der Waals surface area contributed by atoms with E-state index in [1.54, 1.807) is 17.1 Å². The minimum atomic E-state index is 0.252. The largest absolute Gasteiger partial charge is 0.388 e. The summed E-state index contributed by atoms with van der Waals surface area (Å²) in [5.74, 6) is 0.700. The highest BCUT2D eigenvalue weighted by atomic mass is 32.1. The average molecular weight is 262 g/mol. The van der Waals surface area contributed by atoms with Crippen LogP contribution in [0.3, 0.4) is 0 Å².